The molecule has 1 aromatic carbocycles. The Kier molecular flexibility index (Phi) is 6.90. The highest BCUT2D eigenvalue weighted by Gasteiger charge is 2.21. The third-order valence-electron chi connectivity index (χ3n) is 3.31. The van der Waals surface area contributed by atoms with E-state index in [4.69, 9.17) is 10.5 Å². The van der Waals surface area contributed by atoms with Gasteiger partial charge in [0, 0.05) is 11.9 Å². The molecule has 0 aliphatic rings. The standard InChI is InChI=1S/C17H19FN4O3S/c1-3-13(15(23)21-11-7-5-10(18)6-8-11)26-17-20-9-12(14(19)22-17)16(24)25-4-2/h5-9,13H,3-4H2,1-2H3,(H,21,23)(H2,19,20,22)/t13-/m1/s1. The van der Waals surface area contributed by atoms with Crippen molar-refractivity contribution in [1.29, 1.82) is 0 Å². The van der Waals surface area contributed by atoms with Gasteiger partial charge in [0.05, 0.1) is 11.9 Å². The SMILES string of the molecule is CCOC(=O)c1cnc(S[C@H](CC)C(=O)Nc2ccc(F)cc2)nc1N. The zero-order valence-electron chi connectivity index (χ0n) is 14.4. The van der Waals surface area contributed by atoms with Crippen molar-refractivity contribution in [2.24, 2.45) is 0 Å². The van der Waals surface area contributed by atoms with E-state index in [9.17, 15) is 14.0 Å². The van der Waals surface area contributed by atoms with Crippen molar-refractivity contribution in [3.05, 3.63) is 41.8 Å². The number of carbonyl (C=O) groups is 2. The van der Waals surface area contributed by atoms with Crippen LogP contribution in [0.15, 0.2) is 35.6 Å². The molecule has 0 radical (unpaired) electrons. The molecule has 1 heterocycles. The van der Waals surface area contributed by atoms with E-state index < -0.39 is 11.2 Å². The highest BCUT2D eigenvalue weighted by Crippen LogP contribution is 2.25. The summed E-state index contributed by atoms with van der Waals surface area (Å²) >= 11 is 1.13. The highest BCUT2D eigenvalue weighted by molar-refractivity contribution is 8.00. The summed E-state index contributed by atoms with van der Waals surface area (Å²) in [6.45, 7) is 3.75. The molecule has 0 unspecified atom stereocenters. The Morgan fingerprint density at radius 3 is 2.58 bits per heavy atom. The number of aromatic nitrogens is 2. The average Bonchev–Trinajstić information content (AvgIpc) is 2.61. The number of rotatable bonds is 7. The number of hydrogen-bond donors (Lipinski definition) is 2. The molecule has 0 aliphatic carbocycles. The number of benzene rings is 1. The fourth-order valence-corrected chi connectivity index (χ4v) is 2.86. The number of carbonyl (C=O) groups excluding carboxylic acids is 2. The number of nitrogens with zero attached hydrogens (tertiary/aromatic N) is 2. The predicted octanol–water partition coefficient (Wildman–Crippen LogP) is 2.88. The molecule has 0 bridgehead atoms. The van der Waals surface area contributed by atoms with E-state index in [1.165, 1.54) is 30.5 Å². The molecule has 0 saturated carbocycles. The highest BCUT2D eigenvalue weighted by atomic mass is 32.2. The molecule has 0 saturated heterocycles. The minimum atomic E-state index is -0.595. The lowest BCUT2D eigenvalue weighted by atomic mass is 10.2. The van der Waals surface area contributed by atoms with E-state index >= 15 is 0 Å². The lowest BCUT2D eigenvalue weighted by Gasteiger charge is -2.14. The molecule has 3 N–H and O–H groups in total. The molecule has 0 spiro atoms. The second-order valence-electron chi connectivity index (χ2n) is 5.18. The van der Waals surface area contributed by atoms with E-state index in [0.29, 0.717) is 12.1 Å². The van der Waals surface area contributed by atoms with Gasteiger partial charge in [0.15, 0.2) is 5.16 Å². The van der Waals surface area contributed by atoms with Crippen molar-refractivity contribution in [2.45, 2.75) is 30.7 Å². The van der Waals surface area contributed by atoms with Crippen LogP contribution in [0.2, 0.25) is 0 Å². The van der Waals surface area contributed by atoms with Crippen LogP contribution in [0.25, 0.3) is 0 Å². The average molecular weight is 378 g/mol. The predicted molar refractivity (Wildman–Crippen MR) is 97.4 cm³/mol. The first kappa shape index (κ1) is 19.6. The number of halogens is 1. The summed E-state index contributed by atoms with van der Waals surface area (Å²) in [5.74, 6) is -1.24. The topological polar surface area (TPSA) is 107 Å². The Balaban J connectivity index is 2.06. The van der Waals surface area contributed by atoms with Gasteiger partial charge in [-0.15, -0.1) is 0 Å². The van der Waals surface area contributed by atoms with Gasteiger partial charge in [0.25, 0.3) is 0 Å². The number of anilines is 2. The molecule has 1 amide bonds. The van der Waals surface area contributed by atoms with Gasteiger partial charge in [-0.1, -0.05) is 18.7 Å². The summed E-state index contributed by atoms with van der Waals surface area (Å²) in [7, 11) is 0. The van der Waals surface area contributed by atoms with Gasteiger partial charge >= 0.3 is 5.97 Å². The van der Waals surface area contributed by atoms with Crippen LogP contribution < -0.4 is 11.1 Å². The van der Waals surface area contributed by atoms with Crippen LogP contribution in [0.4, 0.5) is 15.9 Å². The number of esters is 1. The summed E-state index contributed by atoms with van der Waals surface area (Å²) in [5, 5.41) is 2.51. The fraction of sp³-hybridized carbons (Fsp3) is 0.294. The summed E-state index contributed by atoms with van der Waals surface area (Å²) in [5.41, 5.74) is 6.36. The third-order valence-corrected chi connectivity index (χ3v) is 4.55. The third kappa shape index (κ3) is 5.16. The summed E-state index contributed by atoms with van der Waals surface area (Å²) in [6.07, 6.45) is 1.80. The van der Waals surface area contributed by atoms with E-state index in [1.807, 2.05) is 6.92 Å². The van der Waals surface area contributed by atoms with Crippen LogP contribution in [-0.4, -0.2) is 33.7 Å². The van der Waals surface area contributed by atoms with Gasteiger partial charge < -0.3 is 15.8 Å². The lowest BCUT2D eigenvalue weighted by molar-refractivity contribution is -0.115. The summed E-state index contributed by atoms with van der Waals surface area (Å²) in [4.78, 5) is 32.2. The van der Waals surface area contributed by atoms with Crippen LogP contribution >= 0.6 is 11.8 Å². The Labute approximate surface area is 154 Å². The molecule has 2 rings (SSSR count). The van der Waals surface area contributed by atoms with Gasteiger partial charge in [0.2, 0.25) is 5.91 Å². The molecule has 138 valence electrons. The number of nitrogen functional groups attached to an aromatic ring is 1. The number of thioether (sulfide) groups is 1. The summed E-state index contributed by atoms with van der Waals surface area (Å²) in [6, 6.07) is 5.49. The van der Waals surface area contributed by atoms with Gasteiger partial charge in [0.1, 0.15) is 17.2 Å². The van der Waals surface area contributed by atoms with Crippen molar-refractivity contribution in [3.8, 4) is 0 Å². The molecule has 0 aliphatic heterocycles. The molecule has 1 atom stereocenters. The Morgan fingerprint density at radius 2 is 2.00 bits per heavy atom. The molecular weight excluding hydrogens is 359 g/mol. The second kappa shape index (κ2) is 9.14. The van der Waals surface area contributed by atoms with E-state index in [0.717, 1.165) is 11.8 Å². The molecule has 26 heavy (non-hydrogen) atoms. The largest absolute Gasteiger partial charge is 0.462 e. The molecule has 1 aromatic heterocycles. The fourth-order valence-electron chi connectivity index (χ4n) is 2.01. The van der Waals surface area contributed by atoms with Crippen molar-refractivity contribution in [2.75, 3.05) is 17.7 Å². The molecule has 2 aromatic rings. The number of amides is 1. The first-order valence-electron chi connectivity index (χ1n) is 7.97. The molecular formula is C17H19FN4O3S. The minimum absolute atomic E-state index is 0.00486. The maximum absolute atomic E-state index is 12.9. The smallest absolute Gasteiger partial charge is 0.343 e. The first-order valence-corrected chi connectivity index (χ1v) is 8.85. The molecule has 9 heteroatoms. The Morgan fingerprint density at radius 1 is 1.31 bits per heavy atom. The van der Waals surface area contributed by atoms with Crippen LogP contribution in [0, 0.1) is 5.82 Å². The van der Waals surface area contributed by atoms with Crippen LogP contribution in [0.3, 0.4) is 0 Å². The van der Waals surface area contributed by atoms with E-state index in [-0.39, 0.29) is 34.9 Å². The van der Waals surface area contributed by atoms with Crippen molar-refractivity contribution >= 4 is 35.1 Å². The van der Waals surface area contributed by atoms with Gasteiger partial charge in [-0.25, -0.2) is 19.2 Å². The number of nitrogens with one attached hydrogen (secondary N) is 1. The van der Waals surface area contributed by atoms with Crippen LogP contribution in [0.1, 0.15) is 30.6 Å². The van der Waals surface area contributed by atoms with E-state index in [2.05, 4.69) is 15.3 Å². The van der Waals surface area contributed by atoms with Gasteiger partial charge in [-0.2, -0.15) is 0 Å². The Bertz CT molecular complexity index is 786. The van der Waals surface area contributed by atoms with Crippen molar-refractivity contribution in [1.82, 2.24) is 9.97 Å². The zero-order chi connectivity index (χ0) is 19.1. The maximum atomic E-state index is 12.9. The molecule has 0 fully saturated rings. The Hall–Kier alpha value is -2.68. The van der Waals surface area contributed by atoms with Crippen LogP contribution in [0.5, 0.6) is 0 Å². The quantitative estimate of drug-likeness (QED) is 0.433. The minimum Gasteiger partial charge on any atom is -0.462 e. The first-order chi connectivity index (χ1) is 12.4. The number of nitrogens with two attached hydrogens (primary N) is 1. The second-order valence-corrected chi connectivity index (χ2v) is 6.35. The number of hydrogen-bond acceptors (Lipinski definition) is 7. The van der Waals surface area contributed by atoms with E-state index in [1.54, 1.807) is 6.92 Å². The van der Waals surface area contributed by atoms with Gasteiger partial charge in [-0.05, 0) is 37.6 Å². The van der Waals surface area contributed by atoms with Crippen molar-refractivity contribution in [3.63, 3.8) is 0 Å². The normalized spacial score (nSPS) is 11.7. The monoisotopic (exact) mass is 378 g/mol. The maximum Gasteiger partial charge on any atom is 0.343 e. The van der Waals surface area contributed by atoms with Crippen LogP contribution in [-0.2, 0) is 9.53 Å². The van der Waals surface area contributed by atoms with Crippen molar-refractivity contribution < 1.29 is 18.7 Å². The zero-order valence-corrected chi connectivity index (χ0v) is 15.2. The summed E-state index contributed by atoms with van der Waals surface area (Å²) < 4.78 is 17.8. The number of ether oxygens (including phenoxy) is 1. The lowest BCUT2D eigenvalue weighted by Crippen LogP contribution is -2.25. The van der Waals surface area contributed by atoms with Gasteiger partial charge in [-0.3, -0.25) is 4.79 Å². The molecule has 7 nitrogen and oxygen atoms in total.